The van der Waals surface area contributed by atoms with Crippen molar-refractivity contribution < 1.29 is 32.9 Å². The second-order valence-corrected chi connectivity index (χ2v) is 5.65. The molecular weight excluding hydrogens is 431 g/mol. The van der Waals surface area contributed by atoms with Gasteiger partial charge in [0.15, 0.2) is 0 Å². The van der Waals surface area contributed by atoms with Gasteiger partial charge in [-0.25, -0.2) is 4.79 Å². The molecule has 0 unspecified atom stereocenters. The van der Waals surface area contributed by atoms with Crippen molar-refractivity contribution in [1.29, 1.82) is 0 Å². The van der Waals surface area contributed by atoms with Gasteiger partial charge in [-0.15, -0.1) is 25.6 Å². The average Bonchev–Trinajstić information content (AvgIpc) is 2.48. The Labute approximate surface area is 154 Å². The first-order chi connectivity index (χ1) is 11.1. The number of halogens is 5. The zero-order chi connectivity index (χ0) is 18.1. The molecule has 25 heavy (non-hydrogen) atoms. The summed E-state index contributed by atoms with van der Waals surface area (Å²) in [7, 11) is 0. The van der Waals surface area contributed by atoms with Crippen LogP contribution in [0.4, 0.5) is 13.2 Å². The minimum Gasteiger partial charge on any atom is -0.506 e. The molecule has 2 aromatic rings. The minimum atomic E-state index is -4.80. The topological polar surface area (TPSA) is 92.8 Å². The van der Waals surface area contributed by atoms with E-state index in [1.165, 1.54) is 24.3 Å². The maximum Gasteiger partial charge on any atom is 0.573 e. The zero-order valence-electron chi connectivity index (χ0n) is 12.2. The monoisotopic (exact) mass is 441 g/mol. The highest BCUT2D eigenvalue weighted by molar-refractivity contribution is 9.10. The standard InChI is InChI=1S/C15H11BrF3NO4.ClH/c16-11-6-8(14(22)23)5-10(13(11)21)12(20)7-1-3-9(4-2-7)24-15(17,18)19;/h1-6,12,21H,20H2,(H,22,23);1H/t12-;/m0./s1. The molecular formula is C15H12BrClF3NO4. The van der Waals surface area contributed by atoms with Crippen LogP contribution in [-0.2, 0) is 0 Å². The average molecular weight is 443 g/mol. The number of aromatic carboxylic acids is 1. The molecule has 0 saturated carbocycles. The molecule has 0 heterocycles. The molecule has 4 N–H and O–H groups in total. The van der Waals surface area contributed by atoms with Crippen LogP contribution >= 0.6 is 28.3 Å². The lowest BCUT2D eigenvalue weighted by Gasteiger charge is -2.17. The van der Waals surface area contributed by atoms with Crippen LogP contribution in [0, 0.1) is 0 Å². The van der Waals surface area contributed by atoms with Gasteiger partial charge < -0.3 is 20.7 Å². The fraction of sp³-hybridized carbons (Fsp3) is 0.133. The van der Waals surface area contributed by atoms with Crippen LogP contribution in [-0.4, -0.2) is 22.5 Å². The first kappa shape index (κ1) is 21.1. The van der Waals surface area contributed by atoms with E-state index in [-0.39, 0.29) is 33.8 Å². The van der Waals surface area contributed by atoms with E-state index >= 15 is 0 Å². The summed E-state index contributed by atoms with van der Waals surface area (Å²) in [5, 5.41) is 19.1. The highest BCUT2D eigenvalue weighted by Crippen LogP contribution is 2.35. The van der Waals surface area contributed by atoms with Gasteiger partial charge >= 0.3 is 12.3 Å². The summed E-state index contributed by atoms with van der Waals surface area (Å²) in [6.45, 7) is 0. The quantitative estimate of drug-likeness (QED) is 0.659. The maximum atomic E-state index is 12.1. The molecule has 0 spiro atoms. The normalized spacial score (nSPS) is 12.2. The number of phenolic OH excluding ortho intramolecular Hbond substituents is 1. The molecule has 5 nitrogen and oxygen atoms in total. The first-order valence-electron chi connectivity index (χ1n) is 6.45. The summed E-state index contributed by atoms with van der Waals surface area (Å²) in [6.07, 6.45) is -4.80. The summed E-state index contributed by atoms with van der Waals surface area (Å²) in [5.74, 6) is -1.87. The van der Waals surface area contributed by atoms with E-state index in [0.29, 0.717) is 5.56 Å². The zero-order valence-corrected chi connectivity index (χ0v) is 14.7. The largest absolute Gasteiger partial charge is 0.573 e. The van der Waals surface area contributed by atoms with Gasteiger partial charge in [0.05, 0.1) is 16.1 Å². The molecule has 0 aliphatic heterocycles. The third-order valence-corrected chi connectivity index (χ3v) is 3.75. The van der Waals surface area contributed by atoms with E-state index < -0.39 is 24.1 Å². The van der Waals surface area contributed by atoms with Crippen molar-refractivity contribution in [3.8, 4) is 11.5 Å². The Balaban J connectivity index is 0.00000312. The summed E-state index contributed by atoms with van der Waals surface area (Å²) >= 11 is 3.04. The Hall–Kier alpha value is -1.97. The molecule has 0 radical (unpaired) electrons. The van der Waals surface area contributed by atoms with Gasteiger partial charge in [-0.3, -0.25) is 0 Å². The number of ether oxygens (including phenoxy) is 1. The lowest BCUT2D eigenvalue weighted by atomic mass is 9.97. The molecule has 10 heteroatoms. The molecule has 0 fully saturated rings. The second-order valence-electron chi connectivity index (χ2n) is 4.80. The van der Waals surface area contributed by atoms with Gasteiger partial charge in [-0.2, -0.15) is 0 Å². The van der Waals surface area contributed by atoms with E-state index in [0.717, 1.165) is 12.1 Å². The van der Waals surface area contributed by atoms with Gasteiger partial charge in [-0.05, 0) is 45.8 Å². The number of carbonyl (C=O) groups is 1. The molecule has 0 bridgehead atoms. The van der Waals surface area contributed by atoms with Crippen molar-refractivity contribution in [2.24, 2.45) is 5.73 Å². The van der Waals surface area contributed by atoms with Crippen LogP contribution in [0.2, 0.25) is 0 Å². The van der Waals surface area contributed by atoms with Gasteiger partial charge in [0.25, 0.3) is 0 Å². The molecule has 0 aliphatic carbocycles. The van der Waals surface area contributed by atoms with E-state index in [1.54, 1.807) is 0 Å². The Morgan fingerprint density at radius 3 is 2.24 bits per heavy atom. The maximum absolute atomic E-state index is 12.1. The van der Waals surface area contributed by atoms with Gasteiger partial charge in [0.2, 0.25) is 0 Å². The smallest absolute Gasteiger partial charge is 0.506 e. The highest BCUT2D eigenvalue weighted by atomic mass is 79.9. The van der Waals surface area contributed by atoms with Crippen LogP contribution in [0.5, 0.6) is 11.5 Å². The summed E-state index contributed by atoms with van der Waals surface area (Å²) in [4.78, 5) is 11.1. The SMILES string of the molecule is Cl.N[C@@H](c1ccc(OC(F)(F)F)cc1)c1cc(C(=O)O)cc(Br)c1O. The van der Waals surface area contributed by atoms with E-state index in [2.05, 4.69) is 20.7 Å². The molecule has 0 aliphatic rings. The van der Waals surface area contributed by atoms with Crippen LogP contribution in [0.1, 0.15) is 27.5 Å². The summed E-state index contributed by atoms with van der Waals surface area (Å²) in [5.41, 5.74) is 6.39. The van der Waals surface area contributed by atoms with E-state index in [1.807, 2.05) is 0 Å². The lowest BCUT2D eigenvalue weighted by Crippen LogP contribution is -2.17. The second kappa shape index (κ2) is 7.94. The molecule has 2 rings (SSSR count). The van der Waals surface area contributed by atoms with E-state index in [4.69, 9.17) is 10.8 Å². The van der Waals surface area contributed by atoms with Crippen LogP contribution in [0.25, 0.3) is 0 Å². The van der Waals surface area contributed by atoms with Gasteiger partial charge in [0.1, 0.15) is 11.5 Å². The van der Waals surface area contributed by atoms with Crippen molar-refractivity contribution in [2.45, 2.75) is 12.4 Å². The number of rotatable bonds is 4. The Morgan fingerprint density at radius 2 is 1.76 bits per heavy atom. The number of phenols is 1. The fourth-order valence-corrected chi connectivity index (χ4v) is 2.51. The number of alkyl halides is 3. The molecule has 136 valence electrons. The van der Waals surface area contributed by atoms with Gasteiger partial charge in [-0.1, -0.05) is 12.1 Å². The number of benzene rings is 2. The predicted molar refractivity (Wildman–Crippen MR) is 89.2 cm³/mol. The van der Waals surface area contributed by atoms with Crippen molar-refractivity contribution in [1.82, 2.24) is 0 Å². The van der Waals surface area contributed by atoms with Crippen molar-refractivity contribution in [3.63, 3.8) is 0 Å². The van der Waals surface area contributed by atoms with Crippen LogP contribution in [0.3, 0.4) is 0 Å². The summed E-state index contributed by atoms with van der Waals surface area (Å²) < 4.78 is 40.3. The molecule has 0 aromatic heterocycles. The molecule has 0 saturated heterocycles. The van der Waals surface area contributed by atoms with Crippen molar-refractivity contribution in [2.75, 3.05) is 0 Å². The molecule has 1 atom stereocenters. The molecule has 0 amide bonds. The number of hydrogen-bond donors (Lipinski definition) is 3. The first-order valence-corrected chi connectivity index (χ1v) is 7.25. The third-order valence-electron chi connectivity index (χ3n) is 3.15. The van der Waals surface area contributed by atoms with Crippen LogP contribution in [0.15, 0.2) is 40.9 Å². The number of hydrogen-bond acceptors (Lipinski definition) is 4. The fourth-order valence-electron chi connectivity index (χ4n) is 2.04. The third kappa shape index (κ3) is 5.25. The number of aromatic hydroxyl groups is 1. The van der Waals surface area contributed by atoms with E-state index in [9.17, 15) is 23.1 Å². The summed E-state index contributed by atoms with van der Waals surface area (Å²) in [6, 6.07) is 6.23. The Kier molecular flexibility index (Phi) is 6.69. The van der Waals surface area contributed by atoms with Crippen molar-refractivity contribution in [3.05, 3.63) is 57.6 Å². The molecule has 2 aromatic carbocycles. The number of carboxylic acids is 1. The van der Waals surface area contributed by atoms with Crippen LogP contribution < -0.4 is 10.5 Å². The minimum absolute atomic E-state index is 0. The Bertz CT molecular complexity index is 769. The Morgan fingerprint density at radius 1 is 1.20 bits per heavy atom. The lowest BCUT2D eigenvalue weighted by molar-refractivity contribution is -0.274. The van der Waals surface area contributed by atoms with Gasteiger partial charge in [0, 0.05) is 5.56 Å². The van der Waals surface area contributed by atoms with Crippen molar-refractivity contribution >= 4 is 34.3 Å². The number of carboxylic acid groups (broad SMARTS) is 1. The highest BCUT2D eigenvalue weighted by Gasteiger charge is 2.31. The number of nitrogens with two attached hydrogens (primary N) is 1. The predicted octanol–water partition coefficient (Wildman–Crippen LogP) is 4.22.